The normalized spacial score (nSPS) is 24.8. The molecule has 2 saturated heterocycles. The standard InChI is InChI=1S/C23H33ClN8O/c1-4-9-30-15-19(24)21(28-30)23(33)31-10-6-5-7-18(31)12-20-27-22(16(2)13-32(20)26-3)29-11-8-17(25)14-29/h12-13,15,17-18H,3-11,14,25H2,1-2H3/b20-12-/t17-,18?/m0/s1. The number of rotatable bonds is 5. The fraction of sp³-hybridized carbons (Fsp3) is 0.565. The van der Waals surface area contributed by atoms with Crippen molar-refractivity contribution in [1.82, 2.24) is 24.6 Å². The van der Waals surface area contributed by atoms with Crippen LogP contribution in [0.4, 0.5) is 0 Å². The number of aryl methyl sites for hydroxylation is 1. The molecule has 9 nitrogen and oxygen atoms in total. The summed E-state index contributed by atoms with van der Waals surface area (Å²) in [7, 11) is 0. The highest BCUT2D eigenvalue weighted by molar-refractivity contribution is 6.33. The Balaban J connectivity index is 1.62. The van der Waals surface area contributed by atoms with Crippen molar-refractivity contribution < 1.29 is 4.79 Å². The molecule has 0 aromatic carbocycles. The third kappa shape index (κ3) is 4.99. The van der Waals surface area contributed by atoms with Crippen LogP contribution in [0.2, 0.25) is 5.02 Å². The van der Waals surface area contributed by atoms with Gasteiger partial charge in [0.15, 0.2) is 11.5 Å². The van der Waals surface area contributed by atoms with Gasteiger partial charge in [0.2, 0.25) is 0 Å². The number of hydrazone groups is 1. The summed E-state index contributed by atoms with van der Waals surface area (Å²) in [5.74, 6) is 1.43. The van der Waals surface area contributed by atoms with E-state index in [-0.39, 0.29) is 18.0 Å². The summed E-state index contributed by atoms with van der Waals surface area (Å²) in [5.41, 5.74) is 7.44. The number of aromatic nitrogens is 2. The van der Waals surface area contributed by atoms with E-state index in [0.29, 0.717) is 23.1 Å². The maximum absolute atomic E-state index is 13.4. The van der Waals surface area contributed by atoms with Gasteiger partial charge in [0, 0.05) is 56.9 Å². The van der Waals surface area contributed by atoms with Crippen LogP contribution < -0.4 is 5.73 Å². The van der Waals surface area contributed by atoms with Crippen molar-refractivity contribution in [2.24, 2.45) is 15.8 Å². The number of hydrogen-bond donors (Lipinski definition) is 1. The van der Waals surface area contributed by atoms with Crippen LogP contribution in [0.1, 0.15) is 56.4 Å². The quantitative estimate of drug-likeness (QED) is 0.664. The van der Waals surface area contributed by atoms with Crippen LogP contribution in [0, 0.1) is 0 Å². The van der Waals surface area contributed by atoms with Gasteiger partial charge in [-0.05, 0) is 45.1 Å². The van der Waals surface area contributed by atoms with Gasteiger partial charge in [0.25, 0.3) is 5.91 Å². The zero-order valence-electron chi connectivity index (χ0n) is 19.5. The topological polar surface area (TPSA) is 95.3 Å². The Morgan fingerprint density at radius 1 is 1.36 bits per heavy atom. The van der Waals surface area contributed by atoms with Crippen LogP contribution in [0.5, 0.6) is 0 Å². The molecule has 2 N–H and O–H groups in total. The van der Waals surface area contributed by atoms with Crippen LogP contribution in [0.25, 0.3) is 0 Å². The number of aliphatic imine (C=N–C) groups is 1. The Morgan fingerprint density at radius 3 is 2.88 bits per heavy atom. The van der Waals surface area contributed by atoms with Gasteiger partial charge in [-0.15, -0.1) is 0 Å². The maximum Gasteiger partial charge on any atom is 0.276 e. The van der Waals surface area contributed by atoms with Crippen molar-refractivity contribution in [1.29, 1.82) is 0 Å². The molecule has 3 aliphatic heterocycles. The fourth-order valence-electron chi connectivity index (χ4n) is 4.66. The summed E-state index contributed by atoms with van der Waals surface area (Å²) in [6, 6.07) is 0.0303. The lowest BCUT2D eigenvalue weighted by Gasteiger charge is -2.35. The Bertz CT molecular complexity index is 997. The van der Waals surface area contributed by atoms with E-state index in [2.05, 4.69) is 28.7 Å². The van der Waals surface area contributed by atoms with Crippen molar-refractivity contribution in [2.75, 3.05) is 19.6 Å². The molecule has 4 rings (SSSR count). The summed E-state index contributed by atoms with van der Waals surface area (Å²) in [6.45, 7) is 10.8. The first-order valence-corrected chi connectivity index (χ1v) is 12.1. The predicted molar refractivity (Wildman–Crippen MR) is 131 cm³/mol. The number of amidine groups is 1. The molecule has 0 saturated carbocycles. The van der Waals surface area contributed by atoms with Crippen molar-refractivity contribution in [3.8, 4) is 0 Å². The minimum Gasteiger partial charge on any atom is -0.355 e. The average Bonchev–Trinajstić information content (AvgIpc) is 3.40. The number of hydrogen-bond acceptors (Lipinski definition) is 7. The Hall–Kier alpha value is -2.65. The fourth-order valence-corrected chi connectivity index (χ4v) is 4.89. The third-order valence-electron chi connectivity index (χ3n) is 6.32. The first-order valence-electron chi connectivity index (χ1n) is 11.7. The Labute approximate surface area is 200 Å². The second-order valence-electron chi connectivity index (χ2n) is 8.90. The Kier molecular flexibility index (Phi) is 7.19. The SMILES string of the molecule is C=NN1C=C(C)C(N2CC[C@H](N)C2)=N/C1=C/C1CCCCN1C(=O)c1nn(CCC)cc1Cl. The van der Waals surface area contributed by atoms with Crippen LogP contribution in [-0.2, 0) is 6.54 Å². The van der Waals surface area contributed by atoms with Gasteiger partial charge in [-0.3, -0.25) is 9.48 Å². The van der Waals surface area contributed by atoms with Gasteiger partial charge in [0.1, 0.15) is 5.84 Å². The summed E-state index contributed by atoms with van der Waals surface area (Å²) < 4.78 is 1.74. The molecule has 2 fully saturated rings. The molecule has 0 spiro atoms. The van der Waals surface area contributed by atoms with E-state index in [1.165, 1.54) is 0 Å². The minimum atomic E-state index is -0.147. The molecular formula is C23H33ClN8O. The van der Waals surface area contributed by atoms with E-state index >= 15 is 0 Å². The minimum absolute atomic E-state index is 0.129. The number of carbonyl (C=O) groups excluding carboxylic acids is 1. The van der Waals surface area contributed by atoms with Gasteiger partial charge >= 0.3 is 0 Å². The number of amides is 1. The average molecular weight is 473 g/mol. The number of nitrogens with two attached hydrogens (primary N) is 1. The molecule has 0 bridgehead atoms. The van der Waals surface area contributed by atoms with E-state index in [1.807, 2.05) is 24.1 Å². The highest BCUT2D eigenvalue weighted by atomic mass is 35.5. The van der Waals surface area contributed by atoms with Crippen molar-refractivity contribution >= 4 is 30.1 Å². The molecule has 1 aromatic rings. The second-order valence-corrected chi connectivity index (χ2v) is 9.31. The van der Waals surface area contributed by atoms with Crippen LogP contribution >= 0.6 is 11.6 Å². The maximum atomic E-state index is 13.4. The number of piperidine rings is 1. The van der Waals surface area contributed by atoms with E-state index in [4.69, 9.17) is 22.3 Å². The molecule has 3 aliphatic rings. The monoisotopic (exact) mass is 472 g/mol. The summed E-state index contributed by atoms with van der Waals surface area (Å²) >= 11 is 6.38. The van der Waals surface area contributed by atoms with Crippen LogP contribution in [0.3, 0.4) is 0 Å². The molecule has 1 aromatic heterocycles. The third-order valence-corrected chi connectivity index (χ3v) is 6.60. The number of likely N-dealkylation sites (tertiary alicyclic amines) is 2. The molecule has 1 amide bonds. The summed E-state index contributed by atoms with van der Waals surface area (Å²) in [4.78, 5) is 22.4. The molecule has 33 heavy (non-hydrogen) atoms. The van der Waals surface area contributed by atoms with Gasteiger partial charge in [0.05, 0.1) is 11.1 Å². The molecule has 10 heteroatoms. The number of nitrogens with zero attached hydrogens (tertiary/aromatic N) is 7. The van der Waals surface area contributed by atoms with Crippen molar-refractivity contribution in [3.05, 3.63) is 40.6 Å². The van der Waals surface area contributed by atoms with Crippen LogP contribution in [-0.4, -0.2) is 74.8 Å². The molecular weight excluding hydrogens is 440 g/mol. The van der Waals surface area contributed by atoms with E-state index < -0.39 is 0 Å². The Morgan fingerprint density at radius 2 is 2.18 bits per heavy atom. The van der Waals surface area contributed by atoms with E-state index in [9.17, 15) is 4.79 Å². The van der Waals surface area contributed by atoms with Crippen molar-refractivity contribution in [3.63, 3.8) is 0 Å². The van der Waals surface area contributed by atoms with Gasteiger partial charge in [-0.2, -0.15) is 10.2 Å². The molecule has 1 unspecified atom stereocenters. The molecule has 178 valence electrons. The molecule has 0 aliphatic carbocycles. The smallest absolute Gasteiger partial charge is 0.276 e. The van der Waals surface area contributed by atoms with Crippen LogP contribution in [0.15, 0.2) is 40.0 Å². The lowest BCUT2D eigenvalue weighted by atomic mass is 10.0. The molecule has 0 radical (unpaired) electrons. The first kappa shape index (κ1) is 23.5. The predicted octanol–water partition coefficient (Wildman–Crippen LogP) is 3.05. The number of carbonyl (C=O) groups is 1. The van der Waals surface area contributed by atoms with Gasteiger partial charge in [-0.1, -0.05) is 18.5 Å². The van der Waals surface area contributed by atoms with Gasteiger partial charge in [-0.25, -0.2) is 10.0 Å². The molecule has 2 atom stereocenters. The first-order chi connectivity index (χ1) is 15.9. The van der Waals surface area contributed by atoms with E-state index in [1.54, 1.807) is 15.9 Å². The van der Waals surface area contributed by atoms with E-state index in [0.717, 1.165) is 63.1 Å². The largest absolute Gasteiger partial charge is 0.355 e. The zero-order chi connectivity index (χ0) is 23.5. The number of halogens is 1. The highest BCUT2D eigenvalue weighted by Crippen LogP contribution is 2.28. The molecule has 4 heterocycles. The summed E-state index contributed by atoms with van der Waals surface area (Å²) in [5, 5.41) is 10.6. The summed E-state index contributed by atoms with van der Waals surface area (Å²) in [6.07, 6.45) is 10.4. The lowest BCUT2D eigenvalue weighted by Crippen LogP contribution is -2.43. The zero-order valence-corrected chi connectivity index (χ0v) is 20.2. The second kappa shape index (κ2) is 10.1. The van der Waals surface area contributed by atoms with Crippen molar-refractivity contribution in [2.45, 2.75) is 64.6 Å². The lowest BCUT2D eigenvalue weighted by molar-refractivity contribution is 0.0655. The highest BCUT2D eigenvalue weighted by Gasteiger charge is 2.32. The van der Waals surface area contributed by atoms with Gasteiger partial charge < -0.3 is 15.5 Å².